The first kappa shape index (κ1) is 14.9. The molecule has 0 aromatic rings. The van der Waals surface area contributed by atoms with Gasteiger partial charge in [0.05, 0.1) is 6.61 Å². The van der Waals surface area contributed by atoms with E-state index in [9.17, 15) is 0 Å². The lowest BCUT2D eigenvalue weighted by atomic mass is 9.96. The molecule has 3 nitrogen and oxygen atoms in total. The number of rotatable bonds is 10. The highest BCUT2D eigenvalue weighted by molar-refractivity contribution is 4.79. The molecule has 0 aliphatic rings. The van der Waals surface area contributed by atoms with Crippen LogP contribution in [0.1, 0.15) is 40.0 Å². The fourth-order valence-electron chi connectivity index (χ4n) is 1.33. The van der Waals surface area contributed by atoms with Gasteiger partial charge in [-0.2, -0.15) is 0 Å². The Morgan fingerprint density at radius 1 is 1.07 bits per heavy atom. The van der Waals surface area contributed by atoms with E-state index in [0.29, 0.717) is 0 Å². The van der Waals surface area contributed by atoms with Crippen molar-refractivity contribution >= 4 is 0 Å². The Hall–Kier alpha value is -0.120. The topological polar surface area (TPSA) is 30.5 Å². The van der Waals surface area contributed by atoms with Gasteiger partial charge in [-0.3, -0.25) is 0 Å². The monoisotopic (exact) mass is 217 g/mol. The summed E-state index contributed by atoms with van der Waals surface area (Å²) in [6, 6.07) is 0. The first-order valence-electron chi connectivity index (χ1n) is 6.00. The molecule has 0 aliphatic carbocycles. The lowest BCUT2D eigenvalue weighted by Gasteiger charge is -2.28. The Kier molecular flexibility index (Phi) is 9.06. The molecule has 0 unspecified atom stereocenters. The van der Waals surface area contributed by atoms with Crippen molar-refractivity contribution in [3.05, 3.63) is 0 Å². The van der Waals surface area contributed by atoms with Crippen molar-refractivity contribution in [2.24, 2.45) is 0 Å². The van der Waals surface area contributed by atoms with Gasteiger partial charge < -0.3 is 14.8 Å². The molecule has 0 amide bonds. The quantitative estimate of drug-likeness (QED) is 0.569. The van der Waals surface area contributed by atoms with E-state index in [0.717, 1.165) is 45.6 Å². The molecule has 0 fully saturated rings. The Labute approximate surface area is 94.5 Å². The molecule has 1 N–H and O–H groups in total. The minimum absolute atomic E-state index is 0.274. The SMILES string of the molecule is CCC(C)(CC)NCCOCCCOC. The van der Waals surface area contributed by atoms with Crippen molar-refractivity contribution < 1.29 is 9.47 Å². The van der Waals surface area contributed by atoms with Crippen molar-refractivity contribution in [2.45, 2.75) is 45.6 Å². The van der Waals surface area contributed by atoms with Crippen molar-refractivity contribution in [1.29, 1.82) is 0 Å². The van der Waals surface area contributed by atoms with Gasteiger partial charge in [0.15, 0.2) is 0 Å². The predicted octanol–water partition coefficient (Wildman–Crippen LogP) is 2.21. The van der Waals surface area contributed by atoms with Gasteiger partial charge in [-0.15, -0.1) is 0 Å². The lowest BCUT2D eigenvalue weighted by molar-refractivity contribution is 0.0996. The summed E-state index contributed by atoms with van der Waals surface area (Å²) < 4.78 is 10.4. The maximum atomic E-state index is 5.48. The van der Waals surface area contributed by atoms with E-state index in [1.54, 1.807) is 7.11 Å². The van der Waals surface area contributed by atoms with Gasteiger partial charge in [0.25, 0.3) is 0 Å². The molecule has 0 aromatic heterocycles. The standard InChI is InChI=1S/C12H27NO2/c1-5-12(3,6-2)13-8-11-15-10-7-9-14-4/h13H,5-11H2,1-4H3. The summed E-state index contributed by atoms with van der Waals surface area (Å²) in [7, 11) is 1.72. The van der Waals surface area contributed by atoms with E-state index in [1.165, 1.54) is 0 Å². The highest BCUT2D eigenvalue weighted by atomic mass is 16.5. The van der Waals surface area contributed by atoms with Crippen LogP contribution < -0.4 is 5.32 Å². The van der Waals surface area contributed by atoms with Gasteiger partial charge in [0.2, 0.25) is 0 Å². The van der Waals surface area contributed by atoms with E-state index < -0.39 is 0 Å². The molecule has 15 heavy (non-hydrogen) atoms. The number of nitrogens with one attached hydrogen (secondary N) is 1. The van der Waals surface area contributed by atoms with Crippen LogP contribution in [0.4, 0.5) is 0 Å². The second kappa shape index (κ2) is 9.13. The molecular formula is C12H27NO2. The fraction of sp³-hybridized carbons (Fsp3) is 1.00. The van der Waals surface area contributed by atoms with E-state index in [2.05, 4.69) is 26.1 Å². The van der Waals surface area contributed by atoms with Gasteiger partial charge >= 0.3 is 0 Å². The smallest absolute Gasteiger partial charge is 0.0591 e. The molecule has 0 saturated heterocycles. The minimum atomic E-state index is 0.274. The van der Waals surface area contributed by atoms with Crippen LogP contribution in [0.15, 0.2) is 0 Å². The van der Waals surface area contributed by atoms with Crippen LogP contribution in [-0.4, -0.2) is 39.0 Å². The zero-order chi connectivity index (χ0) is 11.6. The molecule has 3 heteroatoms. The average Bonchev–Trinajstić information content (AvgIpc) is 2.27. The summed E-state index contributed by atoms with van der Waals surface area (Å²) in [5.41, 5.74) is 0.274. The van der Waals surface area contributed by atoms with Crippen molar-refractivity contribution in [3.8, 4) is 0 Å². The summed E-state index contributed by atoms with van der Waals surface area (Å²) in [6.07, 6.45) is 3.30. The fourth-order valence-corrected chi connectivity index (χ4v) is 1.33. The van der Waals surface area contributed by atoms with E-state index in [4.69, 9.17) is 9.47 Å². The molecule has 0 spiro atoms. The number of hydrogen-bond donors (Lipinski definition) is 1. The summed E-state index contributed by atoms with van der Waals surface area (Å²) in [5, 5.41) is 3.53. The summed E-state index contributed by atoms with van der Waals surface area (Å²) in [5.74, 6) is 0. The molecular weight excluding hydrogens is 190 g/mol. The third kappa shape index (κ3) is 7.77. The van der Waals surface area contributed by atoms with Gasteiger partial charge in [-0.25, -0.2) is 0 Å². The van der Waals surface area contributed by atoms with Gasteiger partial charge in [-0.05, 0) is 26.2 Å². The van der Waals surface area contributed by atoms with Crippen molar-refractivity contribution in [1.82, 2.24) is 5.32 Å². The average molecular weight is 217 g/mol. The van der Waals surface area contributed by atoms with Crippen LogP contribution in [0.5, 0.6) is 0 Å². The highest BCUT2D eigenvalue weighted by Gasteiger charge is 2.17. The zero-order valence-corrected chi connectivity index (χ0v) is 10.8. The molecule has 0 atom stereocenters. The predicted molar refractivity (Wildman–Crippen MR) is 64.3 cm³/mol. The largest absolute Gasteiger partial charge is 0.385 e. The minimum Gasteiger partial charge on any atom is -0.385 e. The van der Waals surface area contributed by atoms with Gasteiger partial charge in [-0.1, -0.05) is 13.8 Å². The Morgan fingerprint density at radius 2 is 1.73 bits per heavy atom. The summed E-state index contributed by atoms with van der Waals surface area (Å²) >= 11 is 0. The van der Waals surface area contributed by atoms with Crippen LogP contribution in [0.2, 0.25) is 0 Å². The first-order chi connectivity index (χ1) is 7.18. The van der Waals surface area contributed by atoms with Crippen molar-refractivity contribution in [2.75, 3.05) is 33.5 Å². The van der Waals surface area contributed by atoms with Crippen LogP contribution >= 0.6 is 0 Å². The van der Waals surface area contributed by atoms with Gasteiger partial charge in [0, 0.05) is 32.4 Å². The maximum absolute atomic E-state index is 5.48. The van der Waals surface area contributed by atoms with Crippen molar-refractivity contribution in [3.63, 3.8) is 0 Å². The van der Waals surface area contributed by atoms with Crippen LogP contribution in [0.25, 0.3) is 0 Å². The summed E-state index contributed by atoms with van der Waals surface area (Å²) in [4.78, 5) is 0. The third-order valence-corrected chi connectivity index (χ3v) is 3.00. The molecule has 0 radical (unpaired) electrons. The zero-order valence-electron chi connectivity index (χ0n) is 10.8. The van der Waals surface area contributed by atoms with Gasteiger partial charge in [0.1, 0.15) is 0 Å². The molecule has 0 saturated carbocycles. The molecule has 0 bridgehead atoms. The highest BCUT2D eigenvalue weighted by Crippen LogP contribution is 2.12. The van der Waals surface area contributed by atoms with E-state index >= 15 is 0 Å². The van der Waals surface area contributed by atoms with Crippen LogP contribution in [0.3, 0.4) is 0 Å². The Morgan fingerprint density at radius 3 is 2.27 bits per heavy atom. The molecule has 0 rings (SSSR count). The summed E-state index contributed by atoms with van der Waals surface area (Å²) in [6.45, 7) is 10.0. The maximum Gasteiger partial charge on any atom is 0.0591 e. The molecule has 0 aromatic carbocycles. The van der Waals surface area contributed by atoms with E-state index in [-0.39, 0.29) is 5.54 Å². The molecule has 0 aliphatic heterocycles. The number of methoxy groups -OCH3 is 1. The molecule has 0 heterocycles. The lowest BCUT2D eigenvalue weighted by Crippen LogP contribution is -2.42. The first-order valence-corrected chi connectivity index (χ1v) is 6.00. The van der Waals surface area contributed by atoms with Crippen LogP contribution in [-0.2, 0) is 9.47 Å². The normalized spacial score (nSPS) is 12.0. The molecule has 92 valence electrons. The second-order valence-electron chi connectivity index (χ2n) is 4.15. The Bertz CT molecular complexity index is 136. The van der Waals surface area contributed by atoms with E-state index in [1.807, 2.05) is 0 Å². The number of ether oxygens (including phenoxy) is 2. The Balaban J connectivity index is 3.29. The third-order valence-electron chi connectivity index (χ3n) is 3.00. The van der Waals surface area contributed by atoms with Crippen LogP contribution in [0, 0.1) is 0 Å². The second-order valence-corrected chi connectivity index (χ2v) is 4.15. The number of hydrogen-bond acceptors (Lipinski definition) is 3.